The number of aromatic nitrogens is 8. The van der Waals surface area contributed by atoms with Gasteiger partial charge >= 0.3 is 0 Å². The number of anilines is 1. The summed E-state index contributed by atoms with van der Waals surface area (Å²) in [5, 5.41) is 20.2. The quantitative estimate of drug-likeness (QED) is 0.530. The summed E-state index contributed by atoms with van der Waals surface area (Å²) >= 11 is 0. The van der Waals surface area contributed by atoms with Crippen molar-refractivity contribution in [2.45, 2.75) is 26.8 Å². The Morgan fingerprint density at radius 3 is 2.89 bits per heavy atom. The minimum Gasteiger partial charge on any atom is -0.332 e. The van der Waals surface area contributed by atoms with Gasteiger partial charge in [0.25, 0.3) is 0 Å². The van der Waals surface area contributed by atoms with Gasteiger partial charge in [-0.05, 0) is 48.4 Å². The normalized spacial score (nSPS) is 10.9. The molecule has 3 aromatic heterocycles. The summed E-state index contributed by atoms with van der Waals surface area (Å²) in [7, 11) is 0. The number of aromatic amines is 1. The highest BCUT2D eigenvalue weighted by Gasteiger charge is 2.16. The highest BCUT2D eigenvalue weighted by molar-refractivity contribution is 5.54. The minimum atomic E-state index is 0.476. The third-order valence-electron chi connectivity index (χ3n) is 4.20. The molecule has 0 aliphatic rings. The van der Waals surface area contributed by atoms with Crippen molar-refractivity contribution in [2.75, 3.05) is 11.4 Å². The van der Waals surface area contributed by atoms with Crippen LogP contribution >= 0.6 is 0 Å². The first-order valence-corrected chi connectivity index (χ1v) is 9.16. The predicted octanol–water partition coefficient (Wildman–Crippen LogP) is 2.57. The van der Waals surface area contributed by atoms with E-state index < -0.39 is 0 Å². The molecule has 1 aromatic carbocycles. The first-order valence-electron chi connectivity index (χ1n) is 9.16. The lowest BCUT2D eigenvalue weighted by atomic mass is 10.2. The van der Waals surface area contributed by atoms with Gasteiger partial charge in [-0.25, -0.2) is 0 Å². The average Bonchev–Trinajstić information content (AvgIpc) is 3.38. The van der Waals surface area contributed by atoms with E-state index in [-0.39, 0.29) is 0 Å². The van der Waals surface area contributed by atoms with Crippen LogP contribution in [0.2, 0.25) is 0 Å². The maximum absolute atomic E-state index is 4.61. The van der Waals surface area contributed by atoms with Crippen molar-refractivity contribution < 1.29 is 0 Å². The van der Waals surface area contributed by atoms with E-state index in [1.807, 2.05) is 48.2 Å². The molecule has 9 nitrogen and oxygen atoms in total. The zero-order valence-corrected chi connectivity index (χ0v) is 15.8. The van der Waals surface area contributed by atoms with Crippen molar-refractivity contribution in [1.29, 1.82) is 0 Å². The summed E-state index contributed by atoms with van der Waals surface area (Å²) in [4.78, 5) is 12.3. The van der Waals surface area contributed by atoms with Gasteiger partial charge in [-0.15, -0.1) is 20.1 Å². The molecule has 9 heteroatoms. The molecule has 0 radical (unpaired) electrons. The summed E-state index contributed by atoms with van der Waals surface area (Å²) in [5.74, 6) is 1.90. The van der Waals surface area contributed by atoms with Crippen molar-refractivity contribution in [3.8, 4) is 17.1 Å². The van der Waals surface area contributed by atoms with Crippen LogP contribution < -0.4 is 4.90 Å². The number of aryl methyl sites for hydroxylation is 1. The molecule has 0 aliphatic heterocycles. The molecular weight excluding hydrogens is 354 g/mol. The first-order chi connectivity index (χ1) is 13.7. The van der Waals surface area contributed by atoms with Crippen molar-refractivity contribution in [3.05, 3.63) is 60.2 Å². The Labute approximate surface area is 162 Å². The molecule has 1 N–H and O–H groups in total. The van der Waals surface area contributed by atoms with Gasteiger partial charge in [-0.1, -0.05) is 19.1 Å². The molecule has 142 valence electrons. The Bertz CT molecular complexity index is 1040. The van der Waals surface area contributed by atoms with Crippen LogP contribution in [0.3, 0.4) is 0 Å². The third kappa shape index (κ3) is 3.88. The fourth-order valence-electron chi connectivity index (χ4n) is 2.89. The van der Waals surface area contributed by atoms with E-state index in [4.69, 9.17) is 0 Å². The van der Waals surface area contributed by atoms with E-state index in [1.54, 1.807) is 17.2 Å². The lowest BCUT2D eigenvalue weighted by Gasteiger charge is -2.17. The maximum atomic E-state index is 4.61. The molecule has 0 bridgehead atoms. The van der Waals surface area contributed by atoms with E-state index in [2.05, 4.69) is 42.5 Å². The number of nitrogens with one attached hydrogen (secondary N) is 1. The van der Waals surface area contributed by atoms with Crippen LogP contribution in [-0.2, 0) is 6.54 Å². The molecule has 4 rings (SSSR count). The van der Waals surface area contributed by atoms with E-state index in [1.165, 1.54) is 0 Å². The number of benzene rings is 1. The zero-order valence-electron chi connectivity index (χ0n) is 15.8. The van der Waals surface area contributed by atoms with Crippen LogP contribution in [0.4, 0.5) is 5.95 Å². The molecule has 3 heterocycles. The standard InChI is InChI=1S/C19H21N9/c1-3-10-27(19-21-18(23-24-19)15-7-5-9-20-12-15)13-17-22-26-28(25-17)16-8-4-6-14(2)11-16/h4-9,11-12H,3,10,13H2,1-2H3,(H,21,23,24). The second-order valence-electron chi connectivity index (χ2n) is 6.48. The topological polar surface area (TPSA) is 101 Å². The van der Waals surface area contributed by atoms with Crippen LogP contribution in [-0.4, -0.2) is 46.9 Å². The summed E-state index contributed by atoms with van der Waals surface area (Å²) in [6.45, 7) is 5.40. The SMILES string of the molecule is CCCN(Cc1nnn(-c2cccc(C)c2)n1)c1n[nH]c(-c2cccnc2)n1. The van der Waals surface area contributed by atoms with Gasteiger partial charge in [-0.3, -0.25) is 10.1 Å². The van der Waals surface area contributed by atoms with Gasteiger partial charge in [0.15, 0.2) is 11.6 Å². The molecular formula is C19H21N9. The Balaban J connectivity index is 1.54. The Hall–Kier alpha value is -3.62. The second kappa shape index (κ2) is 7.95. The Morgan fingerprint density at radius 2 is 2.11 bits per heavy atom. The van der Waals surface area contributed by atoms with E-state index in [0.717, 1.165) is 29.8 Å². The number of pyridine rings is 1. The van der Waals surface area contributed by atoms with E-state index in [9.17, 15) is 0 Å². The second-order valence-corrected chi connectivity index (χ2v) is 6.48. The smallest absolute Gasteiger partial charge is 0.245 e. The van der Waals surface area contributed by atoms with Crippen LogP contribution in [0.15, 0.2) is 48.8 Å². The average molecular weight is 375 g/mol. The number of nitrogens with zero attached hydrogens (tertiary/aromatic N) is 8. The molecule has 4 aromatic rings. The summed E-state index contributed by atoms with van der Waals surface area (Å²) in [5.41, 5.74) is 2.92. The summed E-state index contributed by atoms with van der Waals surface area (Å²) < 4.78 is 0. The molecule has 0 fully saturated rings. The van der Waals surface area contributed by atoms with Gasteiger partial charge in [-0.2, -0.15) is 4.98 Å². The van der Waals surface area contributed by atoms with Crippen LogP contribution in [0.1, 0.15) is 24.7 Å². The Morgan fingerprint density at radius 1 is 1.18 bits per heavy atom. The largest absolute Gasteiger partial charge is 0.332 e. The molecule has 0 saturated heterocycles. The molecule has 0 aliphatic carbocycles. The van der Waals surface area contributed by atoms with Crippen molar-refractivity contribution in [2.24, 2.45) is 0 Å². The predicted molar refractivity (Wildman–Crippen MR) is 105 cm³/mol. The zero-order chi connectivity index (χ0) is 19.3. The molecule has 0 unspecified atom stereocenters. The van der Waals surface area contributed by atoms with Gasteiger partial charge in [0.2, 0.25) is 5.95 Å². The fourth-order valence-corrected chi connectivity index (χ4v) is 2.89. The fraction of sp³-hybridized carbons (Fsp3) is 0.263. The number of tetrazole rings is 1. The van der Waals surface area contributed by atoms with Crippen molar-refractivity contribution in [3.63, 3.8) is 0 Å². The minimum absolute atomic E-state index is 0.476. The highest BCUT2D eigenvalue weighted by Crippen LogP contribution is 2.18. The number of H-pyrrole nitrogens is 1. The number of hydrogen-bond acceptors (Lipinski definition) is 7. The molecule has 0 spiro atoms. The lowest BCUT2D eigenvalue weighted by molar-refractivity contribution is 0.701. The van der Waals surface area contributed by atoms with Gasteiger partial charge in [0.05, 0.1) is 12.2 Å². The first kappa shape index (κ1) is 17.8. The highest BCUT2D eigenvalue weighted by atomic mass is 15.6. The maximum Gasteiger partial charge on any atom is 0.245 e. The van der Waals surface area contributed by atoms with Crippen molar-refractivity contribution >= 4 is 5.95 Å². The number of hydrogen-bond donors (Lipinski definition) is 1. The lowest BCUT2D eigenvalue weighted by Crippen LogP contribution is -2.25. The molecule has 0 amide bonds. The van der Waals surface area contributed by atoms with E-state index >= 15 is 0 Å². The molecule has 0 atom stereocenters. The van der Waals surface area contributed by atoms with E-state index in [0.29, 0.717) is 24.1 Å². The van der Waals surface area contributed by atoms with Crippen LogP contribution in [0.5, 0.6) is 0 Å². The van der Waals surface area contributed by atoms with Crippen molar-refractivity contribution in [1.82, 2.24) is 40.4 Å². The Kier molecular flexibility index (Phi) is 5.05. The monoisotopic (exact) mass is 375 g/mol. The molecule has 28 heavy (non-hydrogen) atoms. The third-order valence-corrected chi connectivity index (χ3v) is 4.20. The van der Waals surface area contributed by atoms with Gasteiger partial charge < -0.3 is 4.90 Å². The van der Waals surface area contributed by atoms with Crippen LogP contribution in [0.25, 0.3) is 17.1 Å². The van der Waals surface area contributed by atoms with Gasteiger partial charge in [0.1, 0.15) is 0 Å². The summed E-state index contributed by atoms with van der Waals surface area (Å²) in [6.07, 6.45) is 4.43. The van der Waals surface area contributed by atoms with Gasteiger partial charge in [0, 0.05) is 24.5 Å². The number of rotatable bonds is 7. The summed E-state index contributed by atoms with van der Waals surface area (Å²) in [6, 6.07) is 11.8. The molecule has 0 saturated carbocycles. The van der Waals surface area contributed by atoms with Crippen LogP contribution in [0, 0.1) is 6.92 Å².